The van der Waals surface area contributed by atoms with Crippen molar-refractivity contribution in [3.63, 3.8) is 0 Å². The molecule has 1 rings (SSSR count). The molecule has 0 unspecified atom stereocenters. The molecule has 0 aromatic carbocycles. The van der Waals surface area contributed by atoms with Gasteiger partial charge in [0.25, 0.3) is 0 Å². The molecule has 1 aromatic heterocycles. The molecule has 0 bridgehead atoms. The van der Waals surface area contributed by atoms with E-state index in [0.717, 1.165) is 17.8 Å². The molecule has 0 atom stereocenters. The van der Waals surface area contributed by atoms with E-state index >= 15 is 0 Å². The minimum Gasteiger partial charge on any atom is -0.384 e. The first-order valence-electron chi connectivity index (χ1n) is 5.31. The molecule has 90 valence electrons. The Labute approximate surface area is 101 Å². The van der Waals surface area contributed by atoms with Crippen LogP contribution in [0, 0.1) is 0 Å². The van der Waals surface area contributed by atoms with Gasteiger partial charge in [-0.05, 0) is 6.42 Å². The van der Waals surface area contributed by atoms with E-state index in [1.54, 1.807) is 11.8 Å². The highest BCUT2D eigenvalue weighted by Crippen LogP contribution is 2.21. The van der Waals surface area contributed by atoms with Crippen molar-refractivity contribution in [2.75, 3.05) is 13.7 Å². The fourth-order valence-corrected chi connectivity index (χ4v) is 1.86. The number of methoxy groups -OCH3 is 1. The molecular formula is C11H17ClN2O2. The van der Waals surface area contributed by atoms with Crippen LogP contribution in [0.25, 0.3) is 0 Å². The average Bonchev–Trinajstić information content (AvgIpc) is 2.53. The molecule has 0 aliphatic heterocycles. The molecule has 0 aliphatic carbocycles. The lowest BCUT2D eigenvalue weighted by Gasteiger charge is -2.02. The summed E-state index contributed by atoms with van der Waals surface area (Å²) < 4.78 is 6.55. The molecule has 0 radical (unpaired) electrons. The molecule has 0 spiro atoms. The van der Waals surface area contributed by atoms with Crippen molar-refractivity contribution in [2.45, 2.75) is 26.2 Å². The standard InChI is InChI=1S/C11H17ClN2O2/c1-4-9-11(12)10(14(2)13-9)7-8(15)5-6-16-3/h4-7H2,1-3H3. The van der Waals surface area contributed by atoms with E-state index in [9.17, 15) is 4.79 Å². The molecular weight excluding hydrogens is 228 g/mol. The van der Waals surface area contributed by atoms with Crippen molar-refractivity contribution < 1.29 is 9.53 Å². The van der Waals surface area contributed by atoms with Gasteiger partial charge in [0, 0.05) is 27.0 Å². The number of carbonyl (C=O) groups is 1. The Balaban J connectivity index is 2.73. The fourth-order valence-electron chi connectivity index (χ4n) is 1.50. The third kappa shape index (κ3) is 3.06. The summed E-state index contributed by atoms with van der Waals surface area (Å²) in [6.07, 6.45) is 1.52. The first-order chi connectivity index (χ1) is 7.60. The lowest BCUT2D eigenvalue weighted by molar-refractivity contribution is -0.119. The van der Waals surface area contributed by atoms with Gasteiger partial charge in [0.2, 0.25) is 0 Å². The number of Topliss-reactive ketones (excluding diaryl/α,β-unsaturated/α-hetero) is 1. The van der Waals surface area contributed by atoms with E-state index in [-0.39, 0.29) is 5.78 Å². The quantitative estimate of drug-likeness (QED) is 0.766. The highest BCUT2D eigenvalue weighted by atomic mass is 35.5. The maximum Gasteiger partial charge on any atom is 0.141 e. The molecule has 16 heavy (non-hydrogen) atoms. The number of carbonyl (C=O) groups excluding carboxylic acids is 1. The van der Waals surface area contributed by atoms with E-state index in [4.69, 9.17) is 16.3 Å². The van der Waals surface area contributed by atoms with E-state index in [1.165, 1.54) is 0 Å². The SMILES string of the molecule is CCc1nn(C)c(CC(=O)CCOC)c1Cl. The third-order valence-corrected chi connectivity index (χ3v) is 2.89. The second kappa shape index (κ2) is 6.01. The van der Waals surface area contributed by atoms with Gasteiger partial charge in [0.15, 0.2) is 0 Å². The zero-order valence-corrected chi connectivity index (χ0v) is 10.7. The Morgan fingerprint density at radius 2 is 2.25 bits per heavy atom. The summed E-state index contributed by atoms with van der Waals surface area (Å²) >= 11 is 6.14. The van der Waals surface area contributed by atoms with Crippen LogP contribution in [-0.4, -0.2) is 29.3 Å². The van der Waals surface area contributed by atoms with Crippen LogP contribution in [-0.2, 0) is 29.4 Å². The lowest BCUT2D eigenvalue weighted by Crippen LogP contribution is -2.09. The lowest BCUT2D eigenvalue weighted by atomic mass is 10.1. The van der Waals surface area contributed by atoms with Gasteiger partial charge in [-0.25, -0.2) is 0 Å². The first kappa shape index (κ1) is 13.2. The van der Waals surface area contributed by atoms with Gasteiger partial charge in [-0.1, -0.05) is 18.5 Å². The van der Waals surface area contributed by atoms with Gasteiger partial charge < -0.3 is 4.74 Å². The van der Waals surface area contributed by atoms with Crippen LogP contribution < -0.4 is 0 Å². The Morgan fingerprint density at radius 1 is 1.56 bits per heavy atom. The molecule has 0 aliphatic rings. The molecule has 0 saturated heterocycles. The molecule has 0 N–H and O–H groups in total. The number of aryl methyl sites for hydroxylation is 2. The maximum absolute atomic E-state index is 11.6. The van der Waals surface area contributed by atoms with Gasteiger partial charge in [-0.15, -0.1) is 0 Å². The van der Waals surface area contributed by atoms with Crippen LogP contribution in [0.1, 0.15) is 24.7 Å². The van der Waals surface area contributed by atoms with Crippen molar-refractivity contribution in [2.24, 2.45) is 7.05 Å². The van der Waals surface area contributed by atoms with E-state index in [2.05, 4.69) is 5.10 Å². The van der Waals surface area contributed by atoms with Crippen molar-refractivity contribution in [1.29, 1.82) is 0 Å². The fraction of sp³-hybridized carbons (Fsp3) is 0.636. The van der Waals surface area contributed by atoms with Crippen LogP contribution in [0.2, 0.25) is 5.02 Å². The van der Waals surface area contributed by atoms with Gasteiger partial charge >= 0.3 is 0 Å². The maximum atomic E-state index is 11.6. The summed E-state index contributed by atoms with van der Waals surface area (Å²) in [5.41, 5.74) is 1.64. The number of ketones is 1. The minimum atomic E-state index is 0.120. The van der Waals surface area contributed by atoms with Gasteiger partial charge in [-0.2, -0.15) is 5.10 Å². The first-order valence-corrected chi connectivity index (χ1v) is 5.68. The predicted octanol–water partition coefficient (Wildman–Crippen LogP) is 1.78. The molecule has 0 fully saturated rings. The summed E-state index contributed by atoms with van der Waals surface area (Å²) in [6.45, 7) is 2.44. The third-order valence-electron chi connectivity index (χ3n) is 2.45. The predicted molar refractivity (Wildman–Crippen MR) is 62.8 cm³/mol. The van der Waals surface area contributed by atoms with E-state index < -0.39 is 0 Å². The van der Waals surface area contributed by atoms with Crippen LogP contribution in [0.5, 0.6) is 0 Å². The van der Waals surface area contributed by atoms with E-state index in [1.807, 2.05) is 14.0 Å². The summed E-state index contributed by atoms with van der Waals surface area (Å²) in [5.74, 6) is 0.120. The number of hydrogen-bond donors (Lipinski definition) is 0. The smallest absolute Gasteiger partial charge is 0.141 e. The normalized spacial score (nSPS) is 10.8. The second-order valence-electron chi connectivity index (χ2n) is 3.64. The highest BCUT2D eigenvalue weighted by molar-refractivity contribution is 6.32. The summed E-state index contributed by atoms with van der Waals surface area (Å²) in [7, 11) is 3.39. The zero-order chi connectivity index (χ0) is 12.1. The van der Waals surface area contributed by atoms with Crippen molar-refractivity contribution in [3.8, 4) is 0 Å². The zero-order valence-electron chi connectivity index (χ0n) is 9.92. The van der Waals surface area contributed by atoms with Gasteiger partial charge in [-0.3, -0.25) is 9.48 Å². The number of rotatable bonds is 6. The summed E-state index contributed by atoms with van der Waals surface area (Å²) in [6, 6.07) is 0. The highest BCUT2D eigenvalue weighted by Gasteiger charge is 2.15. The number of hydrogen-bond acceptors (Lipinski definition) is 3. The summed E-state index contributed by atoms with van der Waals surface area (Å²) in [4.78, 5) is 11.6. The Morgan fingerprint density at radius 3 is 2.75 bits per heavy atom. The van der Waals surface area contributed by atoms with Crippen LogP contribution in [0.4, 0.5) is 0 Å². The van der Waals surface area contributed by atoms with Gasteiger partial charge in [0.05, 0.1) is 23.0 Å². The number of nitrogens with zero attached hydrogens (tertiary/aromatic N) is 2. The van der Waals surface area contributed by atoms with Crippen LogP contribution in [0.3, 0.4) is 0 Å². The molecule has 1 aromatic rings. The van der Waals surface area contributed by atoms with Crippen molar-refractivity contribution in [1.82, 2.24) is 9.78 Å². The monoisotopic (exact) mass is 244 g/mol. The second-order valence-corrected chi connectivity index (χ2v) is 4.02. The summed E-state index contributed by atoms with van der Waals surface area (Å²) in [5, 5.41) is 4.88. The minimum absolute atomic E-state index is 0.120. The molecule has 4 nitrogen and oxygen atoms in total. The van der Waals surface area contributed by atoms with Gasteiger partial charge in [0.1, 0.15) is 5.78 Å². The van der Waals surface area contributed by atoms with Crippen LogP contribution >= 0.6 is 11.6 Å². The molecule has 1 heterocycles. The van der Waals surface area contributed by atoms with Crippen molar-refractivity contribution in [3.05, 3.63) is 16.4 Å². The topological polar surface area (TPSA) is 44.1 Å². The molecule has 0 amide bonds. The van der Waals surface area contributed by atoms with Crippen LogP contribution in [0.15, 0.2) is 0 Å². The molecule has 0 saturated carbocycles. The van der Waals surface area contributed by atoms with Crippen molar-refractivity contribution >= 4 is 17.4 Å². The number of halogens is 1. The number of ether oxygens (including phenoxy) is 1. The molecule has 5 heteroatoms. The Hall–Kier alpha value is -0.870. The van der Waals surface area contributed by atoms with E-state index in [0.29, 0.717) is 24.5 Å². The number of aromatic nitrogens is 2. The average molecular weight is 245 g/mol. The Kier molecular flexibility index (Phi) is 4.96. The Bertz CT molecular complexity index is 374. The largest absolute Gasteiger partial charge is 0.384 e.